The second-order valence-corrected chi connectivity index (χ2v) is 13.6. The van der Waals surface area contributed by atoms with Gasteiger partial charge in [0.25, 0.3) is 0 Å². The summed E-state index contributed by atoms with van der Waals surface area (Å²) in [5, 5.41) is 0.486. The van der Waals surface area contributed by atoms with Crippen molar-refractivity contribution in [2.75, 3.05) is 11.5 Å². The minimum atomic E-state index is -0.647. The van der Waals surface area contributed by atoms with Gasteiger partial charge in [0.05, 0.1) is 27.2 Å². The van der Waals surface area contributed by atoms with Gasteiger partial charge in [0, 0.05) is 10.6 Å². The number of esters is 2. The summed E-state index contributed by atoms with van der Waals surface area (Å²) in [4.78, 5) is 24.4. The summed E-state index contributed by atoms with van der Waals surface area (Å²) >= 11 is 11.8. The van der Waals surface area contributed by atoms with Gasteiger partial charge in [-0.2, -0.15) is 0 Å². The molecular weight excluding hydrogens is 561 g/mol. The van der Waals surface area contributed by atoms with Crippen LogP contribution in [0.5, 0.6) is 0 Å². The molecule has 4 rings (SSSR count). The van der Waals surface area contributed by atoms with E-state index in [1.54, 1.807) is 18.2 Å². The molecule has 4 N–H and O–H groups in total. The molecule has 0 atom stereocenters. The topological polar surface area (TPSA) is 105 Å². The Balaban J connectivity index is 0.000000220. The second kappa shape index (κ2) is 11.4. The van der Waals surface area contributed by atoms with Gasteiger partial charge in [-0.05, 0) is 104 Å². The van der Waals surface area contributed by atoms with Crippen LogP contribution >= 0.6 is 23.2 Å². The number of hydrogen-bond donors (Lipinski definition) is 2. The molecule has 2 aromatic rings. The van der Waals surface area contributed by atoms with Crippen LogP contribution in [0.2, 0.25) is 10.0 Å². The molecule has 0 heterocycles. The Morgan fingerprint density at radius 1 is 0.775 bits per heavy atom. The maximum Gasteiger partial charge on any atom is 0.312 e. The SMILES string of the molecule is CC(C)(C)OC(=O)C1(Cc2c(Cl)ccc(N)c2F)CC1.CC(C)(C)OC(=O)C1(Cc2ccc(Cl)c(N)c2F)CC1. The first kappa shape index (κ1) is 31.9. The average Bonchev–Trinajstić information content (AvgIpc) is 3.75. The summed E-state index contributed by atoms with van der Waals surface area (Å²) in [7, 11) is 0. The fourth-order valence-electron chi connectivity index (χ4n) is 4.21. The summed E-state index contributed by atoms with van der Waals surface area (Å²) in [6, 6.07) is 6.12. The molecule has 2 saturated carbocycles. The first-order chi connectivity index (χ1) is 18.3. The number of anilines is 2. The number of rotatable bonds is 6. The fraction of sp³-hybridized carbons (Fsp3) is 0.533. The van der Waals surface area contributed by atoms with E-state index in [1.807, 2.05) is 41.5 Å². The number of hydrogen-bond acceptors (Lipinski definition) is 6. The predicted molar refractivity (Wildman–Crippen MR) is 154 cm³/mol. The number of carbonyl (C=O) groups is 2. The van der Waals surface area contributed by atoms with Gasteiger partial charge in [0.2, 0.25) is 0 Å². The minimum absolute atomic E-state index is 0.0457. The van der Waals surface area contributed by atoms with E-state index >= 15 is 0 Å². The van der Waals surface area contributed by atoms with E-state index < -0.39 is 33.7 Å². The van der Waals surface area contributed by atoms with E-state index in [0.29, 0.717) is 48.3 Å². The van der Waals surface area contributed by atoms with Gasteiger partial charge in [-0.1, -0.05) is 29.3 Å². The standard InChI is InChI=1S/2C15H19ClFNO2/c1-14(2,3)20-13(19)15(6-7-15)8-9-10(16)4-5-11(18)12(9)17;1-14(2,3)20-13(19)15(6-7-15)8-9-4-5-10(16)12(18)11(9)17/h2*4-5H,6-8,18H2,1-3H3. The molecule has 2 fully saturated rings. The van der Waals surface area contributed by atoms with Gasteiger partial charge < -0.3 is 20.9 Å². The second-order valence-electron chi connectivity index (χ2n) is 12.8. The van der Waals surface area contributed by atoms with E-state index in [2.05, 4.69) is 0 Å². The Labute approximate surface area is 244 Å². The maximum absolute atomic E-state index is 14.1. The van der Waals surface area contributed by atoms with Crippen molar-refractivity contribution < 1.29 is 27.8 Å². The maximum atomic E-state index is 14.1. The number of ether oxygens (including phenoxy) is 2. The molecule has 2 aliphatic rings. The molecule has 0 spiro atoms. The van der Waals surface area contributed by atoms with Crippen LogP contribution in [-0.2, 0) is 31.9 Å². The quantitative estimate of drug-likeness (QED) is 0.264. The highest BCUT2D eigenvalue weighted by atomic mass is 35.5. The zero-order valence-corrected chi connectivity index (χ0v) is 25.4. The molecule has 2 aliphatic carbocycles. The lowest BCUT2D eigenvalue weighted by atomic mass is 9.95. The summed E-state index contributed by atoms with van der Waals surface area (Å²) in [5.74, 6) is -1.62. The van der Waals surface area contributed by atoms with Gasteiger partial charge >= 0.3 is 11.9 Å². The monoisotopic (exact) mass is 598 g/mol. The Hall–Kier alpha value is -2.58. The molecule has 0 radical (unpaired) electrons. The van der Waals surface area contributed by atoms with Crippen LogP contribution in [0.4, 0.5) is 20.2 Å². The molecule has 2 aromatic carbocycles. The molecule has 220 valence electrons. The van der Waals surface area contributed by atoms with Crippen LogP contribution in [0, 0.1) is 22.5 Å². The van der Waals surface area contributed by atoms with E-state index in [1.165, 1.54) is 6.07 Å². The molecule has 0 amide bonds. The normalized spacial score (nSPS) is 16.9. The fourth-order valence-corrected chi connectivity index (χ4v) is 4.57. The Morgan fingerprint density at radius 2 is 1.23 bits per heavy atom. The van der Waals surface area contributed by atoms with Gasteiger partial charge in [0.1, 0.15) is 11.2 Å². The van der Waals surface area contributed by atoms with Crippen molar-refractivity contribution in [2.45, 2.75) is 91.3 Å². The van der Waals surface area contributed by atoms with Crippen molar-refractivity contribution in [1.29, 1.82) is 0 Å². The molecule has 0 aromatic heterocycles. The van der Waals surface area contributed by atoms with Crippen molar-refractivity contribution >= 4 is 46.5 Å². The summed E-state index contributed by atoms with van der Waals surface area (Å²) in [6.45, 7) is 10.9. The zero-order valence-electron chi connectivity index (χ0n) is 23.9. The van der Waals surface area contributed by atoms with Crippen molar-refractivity contribution in [2.24, 2.45) is 10.8 Å². The first-order valence-electron chi connectivity index (χ1n) is 13.2. The van der Waals surface area contributed by atoms with Crippen LogP contribution in [0.15, 0.2) is 24.3 Å². The molecule has 0 unspecified atom stereocenters. The van der Waals surface area contributed by atoms with Crippen molar-refractivity contribution in [3.05, 3.63) is 57.1 Å². The summed E-state index contributed by atoms with van der Waals surface area (Å²) in [5.41, 5.74) is 9.49. The number of benzene rings is 2. The molecule has 40 heavy (non-hydrogen) atoms. The lowest BCUT2D eigenvalue weighted by Crippen LogP contribution is -2.31. The predicted octanol–water partition coefficient (Wildman–Crippen LogP) is 7.45. The van der Waals surface area contributed by atoms with E-state index in [4.69, 9.17) is 44.1 Å². The third kappa shape index (κ3) is 7.78. The van der Waals surface area contributed by atoms with E-state index in [-0.39, 0.29) is 34.8 Å². The summed E-state index contributed by atoms with van der Waals surface area (Å²) < 4.78 is 38.9. The number of nitrogen functional groups attached to an aromatic ring is 2. The number of nitrogens with two attached hydrogens (primary N) is 2. The Kier molecular flexibility index (Phi) is 9.07. The molecular formula is C30H38Cl2F2N2O4. The van der Waals surface area contributed by atoms with Crippen molar-refractivity contribution in [1.82, 2.24) is 0 Å². The van der Waals surface area contributed by atoms with Crippen LogP contribution in [0.25, 0.3) is 0 Å². The Morgan fingerprint density at radius 3 is 1.68 bits per heavy atom. The van der Waals surface area contributed by atoms with Gasteiger partial charge in [-0.15, -0.1) is 0 Å². The lowest BCUT2D eigenvalue weighted by molar-refractivity contribution is -0.162. The average molecular weight is 600 g/mol. The van der Waals surface area contributed by atoms with Crippen LogP contribution in [0.3, 0.4) is 0 Å². The highest BCUT2D eigenvalue weighted by Crippen LogP contribution is 2.52. The smallest absolute Gasteiger partial charge is 0.312 e. The largest absolute Gasteiger partial charge is 0.460 e. The van der Waals surface area contributed by atoms with Gasteiger partial charge in [0.15, 0.2) is 11.6 Å². The molecule has 10 heteroatoms. The highest BCUT2D eigenvalue weighted by molar-refractivity contribution is 6.33. The Bertz CT molecular complexity index is 1290. The molecule has 0 bridgehead atoms. The lowest BCUT2D eigenvalue weighted by Gasteiger charge is -2.24. The van der Waals surface area contributed by atoms with Crippen molar-refractivity contribution in [3.8, 4) is 0 Å². The minimum Gasteiger partial charge on any atom is -0.460 e. The van der Waals surface area contributed by atoms with Crippen molar-refractivity contribution in [3.63, 3.8) is 0 Å². The number of halogens is 4. The van der Waals surface area contributed by atoms with Crippen LogP contribution in [-0.4, -0.2) is 23.1 Å². The van der Waals surface area contributed by atoms with Gasteiger partial charge in [-0.25, -0.2) is 8.78 Å². The summed E-state index contributed by atoms with van der Waals surface area (Å²) in [6.07, 6.45) is 3.33. The highest BCUT2D eigenvalue weighted by Gasteiger charge is 2.53. The third-order valence-corrected chi connectivity index (χ3v) is 7.52. The van der Waals surface area contributed by atoms with E-state index in [9.17, 15) is 18.4 Å². The molecule has 0 aliphatic heterocycles. The van der Waals surface area contributed by atoms with Gasteiger partial charge in [-0.3, -0.25) is 9.59 Å². The number of carbonyl (C=O) groups excluding carboxylic acids is 2. The third-order valence-electron chi connectivity index (χ3n) is 6.84. The van der Waals surface area contributed by atoms with E-state index in [0.717, 1.165) is 0 Å². The zero-order chi connectivity index (χ0) is 30.3. The van der Waals surface area contributed by atoms with Crippen LogP contribution in [0.1, 0.15) is 78.4 Å². The molecule has 6 nitrogen and oxygen atoms in total. The first-order valence-corrected chi connectivity index (χ1v) is 14.0. The van der Waals surface area contributed by atoms with Crippen LogP contribution < -0.4 is 11.5 Å². The molecule has 0 saturated heterocycles.